The standard InChI is InChI=1S/C57H104O6/c1-4-7-10-13-16-19-22-25-27-28-30-32-35-38-41-44-47-50-56(59)62-53-54(52-61-55(58)49-46-43-40-37-34-31-24-21-18-15-12-9-6-3)63-57(60)51-48-45-42-39-36-33-29-26-23-20-17-14-11-8-5-2/h9,12,15,18,21,24,54H,4-8,10-11,13-14,16-17,19-20,22-23,25-53H2,1-3H3/b12-9+,18-15+,24-21+. The molecule has 0 heterocycles. The van der Waals surface area contributed by atoms with Crippen LogP contribution in [0.25, 0.3) is 0 Å². The lowest BCUT2D eigenvalue weighted by molar-refractivity contribution is -0.167. The lowest BCUT2D eigenvalue weighted by atomic mass is 10.0. The second kappa shape index (κ2) is 52.3. The Morgan fingerprint density at radius 2 is 0.619 bits per heavy atom. The van der Waals surface area contributed by atoms with Gasteiger partial charge in [0.1, 0.15) is 13.2 Å². The zero-order valence-electron chi connectivity index (χ0n) is 42.1. The second-order valence-corrected chi connectivity index (χ2v) is 18.5. The zero-order valence-corrected chi connectivity index (χ0v) is 42.1. The summed E-state index contributed by atoms with van der Waals surface area (Å²) in [6.07, 6.45) is 61.3. The molecule has 0 aliphatic carbocycles. The molecule has 0 aromatic carbocycles. The van der Waals surface area contributed by atoms with Gasteiger partial charge in [0.15, 0.2) is 6.10 Å². The van der Waals surface area contributed by atoms with E-state index in [1.807, 2.05) is 0 Å². The minimum atomic E-state index is -0.775. The van der Waals surface area contributed by atoms with E-state index in [9.17, 15) is 14.4 Å². The summed E-state index contributed by atoms with van der Waals surface area (Å²) in [6, 6.07) is 0. The number of carbonyl (C=O) groups is 3. The van der Waals surface area contributed by atoms with Crippen LogP contribution in [0.2, 0.25) is 0 Å². The minimum absolute atomic E-state index is 0.0741. The first-order valence-corrected chi connectivity index (χ1v) is 27.5. The predicted molar refractivity (Wildman–Crippen MR) is 270 cm³/mol. The first-order valence-electron chi connectivity index (χ1n) is 27.5. The predicted octanol–water partition coefficient (Wildman–Crippen LogP) is 18.1. The van der Waals surface area contributed by atoms with Crippen molar-refractivity contribution in [2.75, 3.05) is 13.2 Å². The second-order valence-electron chi connectivity index (χ2n) is 18.5. The molecule has 0 aromatic heterocycles. The molecular weight excluding hydrogens is 781 g/mol. The van der Waals surface area contributed by atoms with Gasteiger partial charge in [0.05, 0.1) is 0 Å². The van der Waals surface area contributed by atoms with E-state index in [1.165, 1.54) is 167 Å². The van der Waals surface area contributed by atoms with Crippen molar-refractivity contribution in [1.82, 2.24) is 0 Å². The Kier molecular flexibility index (Phi) is 50.3. The van der Waals surface area contributed by atoms with Crippen molar-refractivity contribution in [3.8, 4) is 0 Å². The molecule has 0 bridgehead atoms. The Bertz CT molecular complexity index is 1060. The lowest BCUT2D eigenvalue weighted by Gasteiger charge is -2.18. The number of esters is 3. The van der Waals surface area contributed by atoms with Crippen molar-refractivity contribution < 1.29 is 28.6 Å². The van der Waals surface area contributed by atoms with E-state index in [1.54, 1.807) is 0 Å². The summed E-state index contributed by atoms with van der Waals surface area (Å²) in [5.74, 6) is -0.879. The molecule has 0 rings (SSSR count). The van der Waals surface area contributed by atoms with Gasteiger partial charge in [-0.15, -0.1) is 0 Å². The number of hydrogen-bond donors (Lipinski definition) is 0. The Labute approximate surface area is 391 Å². The smallest absolute Gasteiger partial charge is 0.306 e. The fourth-order valence-electron chi connectivity index (χ4n) is 8.09. The third kappa shape index (κ3) is 50.5. The minimum Gasteiger partial charge on any atom is -0.462 e. The van der Waals surface area contributed by atoms with Crippen molar-refractivity contribution in [3.05, 3.63) is 36.5 Å². The van der Waals surface area contributed by atoms with Gasteiger partial charge in [0.2, 0.25) is 0 Å². The number of rotatable bonds is 50. The van der Waals surface area contributed by atoms with Gasteiger partial charge < -0.3 is 14.2 Å². The van der Waals surface area contributed by atoms with Crippen LogP contribution < -0.4 is 0 Å². The van der Waals surface area contributed by atoms with Crippen LogP contribution in [0, 0.1) is 0 Å². The van der Waals surface area contributed by atoms with E-state index in [0.29, 0.717) is 19.3 Å². The van der Waals surface area contributed by atoms with Gasteiger partial charge in [0.25, 0.3) is 0 Å². The van der Waals surface area contributed by atoms with Crippen LogP contribution in [0.4, 0.5) is 0 Å². The Morgan fingerprint density at radius 1 is 0.333 bits per heavy atom. The molecule has 0 fully saturated rings. The number of carbonyl (C=O) groups excluding carboxylic acids is 3. The van der Waals surface area contributed by atoms with Crippen LogP contribution in [0.15, 0.2) is 36.5 Å². The highest BCUT2D eigenvalue weighted by atomic mass is 16.6. The molecule has 0 aliphatic heterocycles. The molecule has 0 amide bonds. The highest BCUT2D eigenvalue weighted by Gasteiger charge is 2.19. The molecule has 1 atom stereocenters. The highest BCUT2D eigenvalue weighted by Crippen LogP contribution is 2.17. The van der Waals surface area contributed by atoms with Crippen LogP contribution in [-0.2, 0) is 28.6 Å². The van der Waals surface area contributed by atoms with Crippen LogP contribution in [0.1, 0.15) is 290 Å². The monoisotopic (exact) mass is 885 g/mol. The maximum Gasteiger partial charge on any atom is 0.306 e. The topological polar surface area (TPSA) is 78.9 Å². The number of hydrogen-bond acceptors (Lipinski definition) is 6. The zero-order chi connectivity index (χ0) is 45.8. The van der Waals surface area contributed by atoms with Crippen molar-refractivity contribution in [2.45, 2.75) is 297 Å². The molecule has 0 spiro atoms. The van der Waals surface area contributed by atoms with Crippen LogP contribution in [0.5, 0.6) is 0 Å². The first kappa shape index (κ1) is 60.6. The number of ether oxygens (including phenoxy) is 3. The Hall–Kier alpha value is -2.37. The molecule has 6 nitrogen and oxygen atoms in total. The molecule has 0 radical (unpaired) electrons. The van der Waals surface area contributed by atoms with E-state index in [0.717, 1.165) is 83.5 Å². The van der Waals surface area contributed by atoms with Crippen molar-refractivity contribution in [1.29, 1.82) is 0 Å². The number of unbranched alkanes of at least 4 members (excludes halogenated alkanes) is 35. The van der Waals surface area contributed by atoms with Gasteiger partial charge in [-0.3, -0.25) is 14.4 Å². The van der Waals surface area contributed by atoms with Gasteiger partial charge in [0, 0.05) is 19.3 Å². The third-order valence-electron chi connectivity index (χ3n) is 12.2. The molecule has 0 saturated carbocycles. The summed E-state index contributed by atoms with van der Waals surface area (Å²) in [4.78, 5) is 38.0. The lowest BCUT2D eigenvalue weighted by Crippen LogP contribution is -2.30. The summed E-state index contributed by atoms with van der Waals surface area (Å²) in [7, 11) is 0. The average Bonchev–Trinajstić information content (AvgIpc) is 3.28. The quantitative estimate of drug-likeness (QED) is 0.0262. The fourth-order valence-corrected chi connectivity index (χ4v) is 8.09. The van der Waals surface area contributed by atoms with Gasteiger partial charge in [-0.05, 0) is 38.5 Å². The summed E-state index contributed by atoms with van der Waals surface area (Å²) in [5.41, 5.74) is 0. The summed E-state index contributed by atoms with van der Waals surface area (Å²) in [5, 5.41) is 0. The van der Waals surface area contributed by atoms with E-state index < -0.39 is 6.10 Å². The summed E-state index contributed by atoms with van der Waals surface area (Å²) >= 11 is 0. The molecule has 63 heavy (non-hydrogen) atoms. The van der Waals surface area contributed by atoms with E-state index in [2.05, 4.69) is 57.2 Å². The largest absolute Gasteiger partial charge is 0.462 e. The molecule has 0 N–H and O–H groups in total. The van der Waals surface area contributed by atoms with E-state index in [-0.39, 0.29) is 31.1 Å². The summed E-state index contributed by atoms with van der Waals surface area (Å²) < 4.78 is 16.8. The van der Waals surface area contributed by atoms with Crippen molar-refractivity contribution in [2.24, 2.45) is 0 Å². The average molecular weight is 885 g/mol. The maximum atomic E-state index is 12.8. The molecular formula is C57H104O6. The Morgan fingerprint density at radius 3 is 0.952 bits per heavy atom. The molecule has 1 unspecified atom stereocenters. The van der Waals surface area contributed by atoms with Gasteiger partial charge in [-0.2, -0.15) is 0 Å². The van der Waals surface area contributed by atoms with E-state index in [4.69, 9.17) is 14.2 Å². The third-order valence-corrected chi connectivity index (χ3v) is 12.2. The van der Waals surface area contributed by atoms with Crippen LogP contribution >= 0.6 is 0 Å². The Balaban J connectivity index is 4.33. The van der Waals surface area contributed by atoms with Gasteiger partial charge >= 0.3 is 17.9 Å². The molecule has 368 valence electrons. The normalized spacial score (nSPS) is 12.2. The van der Waals surface area contributed by atoms with Gasteiger partial charge in [-0.25, -0.2) is 0 Å². The summed E-state index contributed by atoms with van der Waals surface area (Å²) in [6.45, 7) is 6.53. The molecule has 0 aliphatic rings. The van der Waals surface area contributed by atoms with Crippen molar-refractivity contribution >= 4 is 17.9 Å². The number of allylic oxidation sites excluding steroid dienone is 6. The maximum absolute atomic E-state index is 12.8. The van der Waals surface area contributed by atoms with E-state index >= 15 is 0 Å². The van der Waals surface area contributed by atoms with Crippen LogP contribution in [-0.4, -0.2) is 37.2 Å². The van der Waals surface area contributed by atoms with Gasteiger partial charge in [-0.1, -0.05) is 269 Å². The first-order chi connectivity index (χ1) is 31.0. The SMILES string of the molecule is CC/C=C/C=C/C=C/CCCCCCCC(=O)OCC(COC(=O)CCCCCCCCCCCCCCCCCCC)OC(=O)CCCCCCCCCCCCCCCCC. The van der Waals surface area contributed by atoms with Crippen molar-refractivity contribution in [3.63, 3.8) is 0 Å². The highest BCUT2D eigenvalue weighted by molar-refractivity contribution is 5.71. The molecule has 0 saturated heterocycles. The fraction of sp³-hybridized carbons (Fsp3) is 0.842. The molecule has 6 heteroatoms. The molecule has 0 aromatic rings. The van der Waals surface area contributed by atoms with Crippen LogP contribution in [0.3, 0.4) is 0 Å².